The summed E-state index contributed by atoms with van der Waals surface area (Å²) in [7, 11) is 1.78. The fourth-order valence-electron chi connectivity index (χ4n) is 2.90. The zero-order valence-electron chi connectivity index (χ0n) is 15.6. The molecule has 0 spiro atoms. The highest BCUT2D eigenvalue weighted by Crippen LogP contribution is 2.18. The predicted octanol–water partition coefficient (Wildman–Crippen LogP) is 3.96. The van der Waals surface area contributed by atoms with Crippen LogP contribution >= 0.6 is 24.0 Å². The molecule has 0 unspecified atom stereocenters. The summed E-state index contributed by atoms with van der Waals surface area (Å²) in [6.07, 6.45) is 4.19. The van der Waals surface area contributed by atoms with E-state index in [1.807, 2.05) is 30.3 Å². The molecule has 0 atom stereocenters. The lowest BCUT2D eigenvalue weighted by Crippen LogP contribution is -2.39. The number of para-hydroxylation sites is 2. The number of hydrogen-bond donors (Lipinski definition) is 3. The van der Waals surface area contributed by atoms with Crippen molar-refractivity contribution in [2.24, 2.45) is 4.99 Å². The minimum absolute atomic E-state index is 0. The Labute approximate surface area is 177 Å². The van der Waals surface area contributed by atoms with Crippen LogP contribution in [0.3, 0.4) is 0 Å². The number of hydrogen-bond acceptors (Lipinski definition) is 2. The number of ether oxygens (including phenoxy) is 1. The number of H-pyrrole nitrogens is 1. The van der Waals surface area contributed by atoms with Crippen molar-refractivity contribution in [2.45, 2.75) is 12.8 Å². The fraction of sp³-hybridized carbons (Fsp3) is 0.286. The molecule has 27 heavy (non-hydrogen) atoms. The Morgan fingerprint density at radius 3 is 2.56 bits per heavy atom. The minimum atomic E-state index is 0. The molecule has 0 radical (unpaired) electrons. The normalized spacial score (nSPS) is 11.1. The van der Waals surface area contributed by atoms with E-state index in [1.165, 1.54) is 16.5 Å². The summed E-state index contributed by atoms with van der Waals surface area (Å²) < 4.78 is 5.67. The Morgan fingerprint density at radius 2 is 1.74 bits per heavy atom. The molecule has 144 valence electrons. The first-order valence-electron chi connectivity index (χ1n) is 9.04. The van der Waals surface area contributed by atoms with Crippen molar-refractivity contribution in [3.8, 4) is 5.75 Å². The van der Waals surface area contributed by atoms with E-state index < -0.39 is 0 Å². The summed E-state index contributed by atoms with van der Waals surface area (Å²) in [5, 5.41) is 7.94. The van der Waals surface area contributed by atoms with E-state index in [0.717, 1.165) is 31.1 Å². The fourth-order valence-corrected chi connectivity index (χ4v) is 2.90. The topological polar surface area (TPSA) is 61.4 Å². The molecule has 3 aromatic rings. The van der Waals surface area contributed by atoms with E-state index in [9.17, 15) is 0 Å². The largest absolute Gasteiger partial charge is 0.492 e. The zero-order valence-corrected chi connectivity index (χ0v) is 17.9. The molecule has 0 bridgehead atoms. The Bertz CT molecular complexity index is 832. The molecule has 0 saturated carbocycles. The summed E-state index contributed by atoms with van der Waals surface area (Å²) in [5.74, 6) is 1.69. The molecule has 6 heteroatoms. The lowest BCUT2D eigenvalue weighted by Gasteiger charge is -2.12. The lowest BCUT2D eigenvalue weighted by atomic mass is 10.1. The first kappa shape index (κ1) is 21.1. The number of aromatic nitrogens is 1. The highest BCUT2D eigenvalue weighted by molar-refractivity contribution is 14.0. The number of aliphatic imine (C=N–C) groups is 1. The van der Waals surface area contributed by atoms with Crippen LogP contribution in [0.25, 0.3) is 10.9 Å². The van der Waals surface area contributed by atoms with Crippen LogP contribution in [-0.4, -0.2) is 37.7 Å². The maximum atomic E-state index is 5.67. The first-order valence-corrected chi connectivity index (χ1v) is 9.04. The summed E-state index contributed by atoms with van der Waals surface area (Å²) in [5.41, 5.74) is 2.56. The number of halogens is 1. The summed E-state index contributed by atoms with van der Waals surface area (Å²) in [6.45, 7) is 2.18. The standard InChI is InChI=1S/C21H26N4O.HI/c1-22-21(24-14-15-26-18-9-3-2-4-10-18)23-13-7-8-17-16-25-20-12-6-5-11-19(17)20;/h2-6,9-12,16,25H,7-8,13-15H2,1H3,(H2,22,23,24);1H. The second-order valence-electron chi connectivity index (χ2n) is 6.05. The van der Waals surface area contributed by atoms with Crippen molar-refractivity contribution < 1.29 is 4.74 Å². The predicted molar refractivity (Wildman–Crippen MR) is 123 cm³/mol. The van der Waals surface area contributed by atoms with E-state index in [0.29, 0.717) is 13.2 Å². The quantitative estimate of drug-likeness (QED) is 0.199. The van der Waals surface area contributed by atoms with E-state index in [-0.39, 0.29) is 24.0 Å². The Balaban J connectivity index is 0.00000261. The van der Waals surface area contributed by atoms with Gasteiger partial charge in [0.25, 0.3) is 0 Å². The van der Waals surface area contributed by atoms with Crippen LogP contribution < -0.4 is 15.4 Å². The van der Waals surface area contributed by atoms with Crippen LogP contribution in [0, 0.1) is 0 Å². The Kier molecular flexibility index (Phi) is 8.97. The van der Waals surface area contributed by atoms with E-state index in [1.54, 1.807) is 7.05 Å². The minimum Gasteiger partial charge on any atom is -0.492 e. The van der Waals surface area contributed by atoms with Crippen molar-refractivity contribution in [1.82, 2.24) is 15.6 Å². The molecule has 5 nitrogen and oxygen atoms in total. The van der Waals surface area contributed by atoms with Gasteiger partial charge in [0.1, 0.15) is 12.4 Å². The number of aromatic amines is 1. The van der Waals surface area contributed by atoms with Crippen molar-refractivity contribution in [3.63, 3.8) is 0 Å². The Hall–Kier alpha value is -2.22. The van der Waals surface area contributed by atoms with Gasteiger partial charge in [0, 0.05) is 30.7 Å². The highest BCUT2D eigenvalue weighted by atomic mass is 127. The molecule has 3 N–H and O–H groups in total. The summed E-state index contributed by atoms with van der Waals surface area (Å²) >= 11 is 0. The number of fused-ring (bicyclic) bond motifs is 1. The van der Waals surface area contributed by atoms with Gasteiger partial charge in [-0.1, -0.05) is 36.4 Å². The van der Waals surface area contributed by atoms with Gasteiger partial charge in [-0.15, -0.1) is 24.0 Å². The van der Waals surface area contributed by atoms with Gasteiger partial charge in [-0.2, -0.15) is 0 Å². The van der Waals surface area contributed by atoms with Crippen LogP contribution in [0.5, 0.6) is 5.75 Å². The molecule has 0 aliphatic heterocycles. The van der Waals surface area contributed by atoms with Gasteiger partial charge in [0.15, 0.2) is 5.96 Å². The van der Waals surface area contributed by atoms with Crippen LogP contribution in [0.1, 0.15) is 12.0 Å². The van der Waals surface area contributed by atoms with Crippen molar-refractivity contribution in [3.05, 3.63) is 66.4 Å². The van der Waals surface area contributed by atoms with Gasteiger partial charge >= 0.3 is 0 Å². The number of nitrogens with zero attached hydrogens (tertiary/aromatic N) is 1. The maximum absolute atomic E-state index is 5.67. The number of rotatable bonds is 8. The molecule has 0 amide bonds. The van der Waals surface area contributed by atoms with Gasteiger partial charge in [0.2, 0.25) is 0 Å². The molecule has 0 aliphatic carbocycles. The van der Waals surface area contributed by atoms with Crippen LogP contribution in [0.2, 0.25) is 0 Å². The van der Waals surface area contributed by atoms with Crippen LogP contribution in [0.4, 0.5) is 0 Å². The average Bonchev–Trinajstić information content (AvgIpc) is 3.11. The van der Waals surface area contributed by atoms with E-state index in [2.05, 4.69) is 51.1 Å². The number of guanidine groups is 1. The van der Waals surface area contributed by atoms with Crippen molar-refractivity contribution in [2.75, 3.05) is 26.7 Å². The van der Waals surface area contributed by atoms with Crippen molar-refractivity contribution >= 4 is 40.8 Å². The molecular weight excluding hydrogens is 451 g/mol. The third kappa shape index (κ3) is 6.46. The lowest BCUT2D eigenvalue weighted by molar-refractivity contribution is 0.322. The van der Waals surface area contributed by atoms with E-state index >= 15 is 0 Å². The first-order chi connectivity index (χ1) is 12.9. The molecule has 0 aliphatic rings. The molecule has 0 saturated heterocycles. The van der Waals surface area contributed by atoms with Crippen LogP contribution in [0.15, 0.2) is 65.8 Å². The zero-order chi connectivity index (χ0) is 18.0. The van der Waals surface area contributed by atoms with Crippen LogP contribution in [-0.2, 0) is 6.42 Å². The number of aryl methyl sites for hydroxylation is 1. The molecule has 1 heterocycles. The van der Waals surface area contributed by atoms with Gasteiger partial charge < -0.3 is 20.4 Å². The van der Waals surface area contributed by atoms with Gasteiger partial charge in [-0.25, -0.2) is 0 Å². The molecule has 3 rings (SSSR count). The monoisotopic (exact) mass is 478 g/mol. The van der Waals surface area contributed by atoms with Gasteiger partial charge in [-0.3, -0.25) is 4.99 Å². The van der Waals surface area contributed by atoms with E-state index in [4.69, 9.17) is 4.74 Å². The van der Waals surface area contributed by atoms with Gasteiger partial charge in [-0.05, 0) is 36.6 Å². The maximum Gasteiger partial charge on any atom is 0.191 e. The smallest absolute Gasteiger partial charge is 0.191 e. The molecule has 0 fully saturated rings. The summed E-state index contributed by atoms with van der Waals surface area (Å²) in [6, 6.07) is 18.3. The average molecular weight is 478 g/mol. The third-order valence-electron chi connectivity index (χ3n) is 4.22. The molecule has 1 aromatic heterocycles. The summed E-state index contributed by atoms with van der Waals surface area (Å²) in [4.78, 5) is 7.58. The Morgan fingerprint density at radius 1 is 1.00 bits per heavy atom. The molecular formula is C21H27IN4O. The second kappa shape index (κ2) is 11.5. The number of benzene rings is 2. The highest BCUT2D eigenvalue weighted by Gasteiger charge is 2.03. The van der Waals surface area contributed by atoms with Gasteiger partial charge in [0.05, 0.1) is 6.54 Å². The molecule has 2 aromatic carbocycles. The number of nitrogens with one attached hydrogen (secondary N) is 3. The SMILES string of the molecule is CN=C(NCCCc1c[nH]c2ccccc12)NCCOc1ccccc1.I. The third-order valence-corrected chi connectivity index (χ3v) is 4.22. The van der Waals surface area contributed by atoms with Crippen molar-refractivity contribution in [1.29, 1.82) is 0 Å². The second-order valence-corrected chi connectivity index (χ2v) is 6.05.